The summed E-state index contributed by atoms with van der Waals surface area (Å²) in [6, 6.07) is 1.85. The van der Waals surface area contributed by atoms with Crippen LogP contribution in [0, 0.1) is 0 Å². The van der Waals surface area contributed by atoms with Crippen molar-refractivity contribution in [2.75, 3.05) is 18.4 Å². The summed E-state index contributed by atoms with van der Waals surface area (Å²) in [5, 5.41) is 4.98. The van der Waals surface area contributed by atoms with Crippen LogP contribution in [0.3, 0.4) is 0 Å². The largest absolute Gasteiger partial charge is 0.417 e. The van der Waals surface area contributed by atoms with E-state index in [1.165, 1.54) is 6.20 Å². The Labute approximate surface area is 149 Å². The second-order valence-corrected chi connectivity index (χ2v) is 5.47. The van der Waals surface area contributed by atoms with Crippen LogP contribution in [0.4, 0.5) is 19.0 Å². The number of anilines is 1. The zero-order chi connectivity index (χ0) is 19.3. The lowest BCUT2D eigenvalue weighted by molar-refractivity contribution is -0.137. The number of H-pyrrole nitrogens is 1. The second kappa shape index (κ2) is 8.04. The maximum absolute atomic E-state index is 12.5. The number of nitrogens with zero attached hydrogens (tertiary/aromatic N) is 2. The first-order valence-corrected chi connectivity index (χ1v) is 7.57. The van der Waals surface area contributed by atoms with Crippen LogP contribution in [0.25, 0.3) is 0 Å². The molecule has 0 aliphatic heterocycles. The molecule has 0 radical (unpaired) electrons. The lowest BCUT2D eigenvalue weighted by atomic mass is 10.3. The van der Waals surface area contributed by atoms with Gasteiger partial charge in [0, 0.05) is 31.5 Å². The number of hydrogen-bond acceptors (Lipinski definition) is 5. The van der Waals surface area contributed by atoms with E-state index in [1.54, 1.807) is 0 Å². The maximum atomic E-state index is 12.5. The minimum Gasteiger partial charge on any atom is -0.367 e. The number of nitrogens with one attached hydrogen (secondary N) is 3. The van der Waals surface area contributed by atoms with E-state index < -0.39 is 28.9 Å². The third-order valence-corrected chi connectivity index (χ3v) is 3.41. The van der Waals surface area contributed by atoms with Crippen LogP contribution in [-0.2, 0) is 17.5 Å². The van der Waals surface area contributed by atoms with Gasteiger partial charge in [0.15, 0.2) is 0 Å². The van der Waals surface area contributed by atoms with E-state index in [-0.39, 0.29) is 30.5 Å². The van der Waals surface area contributed by atoms with Gasteiger partial charge in [0.2, 0.25) is 5.91 Å². The van der Waals surface area contributed by atoms with Crippen molar-refractivity contribution in [1.29, 1.82) is 0 Å². The summed E-state index contributed by atoms with van der Waals surface area (Å²) in [6.07, 6.45) is -2.71. The molecule has 0 aliphatic rings. The van der Waals surface area contributed by atoms with E-state index in [0.29, 0.717) is 6.20 Å². The van der Waals surface area contributed by atoms with E-state index in [4.69, 9.17) is 11.6 Å². The van der Waals surface area contributed by atoms with Crippen LogP contribution in [0.2, 0.25) is 5.02 Å². The number of hydrogen-bond donors (Lipinski definition) is 3. The molecule has 0 aliphatic carbocycles. The Hall–Kier alpha value is -2.82. The minimum absolute atomic E-state index is 0.0470. The quantitative estimate of drug-likeness (QED) is 0.632. The monoisotopic (exact) mass is 391 g/mol. The Morgan fingerprint density at radius 2 is 2.04 bits per heavy atom. The summed E-state index contributed by atoms with van der Waals surface area (Å²) < 4.78 is 38.6. The summed E-state index contributed by atoms with van der Waals surface area (Å²) in [4.78, 5) is 39.7. The molecule has 0 unspecified atom stereocenters. The van der Waals surface area contributed by atoms with Crippen molar-refractivity contribution in [3.63, 3.8) is 0 Å². The van der Waals surface area contributed by atoms with E-state index >= 15 is 0 Å². The van der Waals surface area contributed by atoms with E-state index in [9.17, 15) is 27.6 Å². The molecule has 1 amide bonds. The molecule has 2 rings (SSSR count). The number of carbonyl (C=O) groups is 1. The highest BCUT2D eigenvalue weighted by molar-refractivity contribution is 6.32. The Kier molecular flexibility index (Phi) is 6.03. The van der Waals surface area contributed by atoms with E-state index in [2.05, 4.69) is 15.6 Å². The van der Waals surface area contributed by atoms with Gasteiger partial charge >= 0.3 is 11.9 Å². The van der Waals surface area contributed by atoms with Gasteiger partial charge in [-0.3, -0.25) is 19.1 Å². The zero-order valence-corrected chi connectivity index (χ0v) is 13.8. The van der Waals surface area contributed by atoms with Crippen molar-refractivity contribution < 1.29 is 18.0 Å². The first-order chi connectivity index (χ1) is 12.2. The normalized spacial score (nSPS) is 11.2. The molecule has 0 saturated heterocycles. The molecular weight excluding hydrogens is 379 g/mol. The topological polar surface area (TPSA) is 109 Å². The molecule has 12 heteroatoms. The number of aromatic nitrogens is 3. The molecule has 0 spiro atoms. The number of amides is 1. The number of aromatic amines is 1. The molecule has 3 N–H and O–H groups in total. The predicted molar refractivity (Wildman–Crippen MR) is 87.1 cm³/mol. The summed E-state index contributed by atoms with van der Waals surface area (Å²) in [7, 11) is 0. The molecule has 26 heavy (non-hydrogen) atoms. The van der Waals surface area contributed by atoms with Crippen LogP contribution in [-0.4, -0.2) is 33.5 Å². The molecule has 2 aromatic heterocycles. The van der Waals surface area contributed by atoms with Crippen LogP contribution in [0.15, 0.2) is 34.1 Å². The fourth-order valence-electron chi connectivity index (χ4n) is 1.89. The highest BCUT2D eigenvalue weighted by Gasteiger charge is 2.31. The summed E-state index contributed by atoms with van der Waals surface area (Å²) in [6.45, 7) is -0.0464. The first-order valence-electron chi connectivity index (χ1n) is 7.20. The summed E-state index contributed by atoms with van der Waals surface area (Å²) in [5.74, 6) is -0.446. The van der Waals surface area contributed by atoms with Gasteiger partial charge in [-0.25, -0.2) is 9.78 Å². The van der Waals surface area contributed by atoms with Crippen molar-refractivity contribution in [2.24, 2.45) is 0 Å². The number of rotatable bonds is 6. The van der Waals surface area contributed by atoms with Gasteiger partial charge in [0.05, 0.1) is 10.6 Å². The fourth-order valence-corrected chi connectivity index (χ4v) is 2.12. The lowest BCUT2D eigenvalue weighted by Crippen LogP contribution is -2.37. The maximum Gasteiger partial charge on any atom is 0.417 e. The first kappa shape index (κ1) is 19.5. The third-order valence-electron chi connectivity index (χ3n) is 3.12. The van der Waals surface area contributed by atoms with E-state index in [0.717, 1.165) is 16.7 Å². The van der Waals surface area contributed by atoms with Crippen LogP contribution >= 0.6 is 11.6 Å². The van der Waals surface area contributed by atoms with Crippen molar-refractivity contribution in [3.05, 3.63) is 56.0 Å². The van der Waals surface area contributed by atoms with Gasteiger partial charge in [-0.1, -0.05) is 11.6 Å². The van der Waals surface area contributed by atoms with Crippen molar-refractivity contribution in [1.82, 2.24) is 19.9 Å². The summed E-state index contributed by atoms with van der Waals surface area (Å²) >= 11 is 5.74. The van der Waals surface area contributed by atoms with Crippen molar-refractivity contribution >= 4 is 23.3 Å². The van der Waals surface area contributed by atoms with Crippen LogP contribution in [0.5, 0.6) is 0 Å². The molecule has 8 nitrogen and oxygen atoms in total. The van der Waals surface area contributed by atoms with Crippen molar-refractivity contribution in [2.45, 2.75) is 12.7 Å². The fraction of sp³-hybridized carbons (Fsp3) is 0.286. The van der Waals surface area contributed by atoms with Gasteiger partial charge < -0.3 is 10.6 Å². The SMILES string of the molecule is O=C(Cn1ccc(=O)[nH]c1=O)NCCNc1ncc(C(F)(F)F)cc1Cl. The zero-order valence-electron chi connectivity index (χ0n) is 13.1. The molecule has 140 valence electrons. The van der Waals surface area contributed by atoms with E-state index in [1.807, 2.05) is 4.98 Å². The number of halogens is 4. The molecule has 0 saturated carbocycles. The Bertz CT molecular complexity index is 910. The minimum atomic E-state index is -4.54. The molecule has 0 bridgehead atoms. The predicted octanol–water partition coefficient (Wildman–Crippen LogP) is 0.832. The Balaban J connectivity index is 1.82. The highest BCUT2D eigenvalue weighted by Crippen LogP contribution is 2.32. The molecule has 0 atom stereocenters. The molecular formula is C14H13ClF3N5O3. The Morgan fingerprint density at radius 1 is 1.31 bits per heavy atom. The molecule has 2 aromatic rings. The average molecular weight is 392 g/mol. The van der Waals surface area contributed by atoms with Crippen LogP contribution in [0.1, 0.15) is 5.56 Å². The third kappa shape index (κ3) is 5.34. The van der Waals surface area contributed by atoms with Gasteiger partial charge in [-0.2, -0.15) is 13.2 Å². The lowest BCUT2D eigenvalue weighted by Gasteiger charge is -2.11. The standard InChI is InChI=1S/C14H13ClF3N5O3/c15-9-5-8(14(16,17)18)6-21-12(9)20-3-2-19-11(25)7-23-4-1-10(24)22-13(23)26/h1,4-6H,2-3,7H2,(H,19,25)(H,20,21)(H,22,24,26). The molecule has 0 fully saturated rings. The number of carbonyl (C=O) groups excluding carboxylic acids is 1. The van der Waals surface area contributed by atoms with Gasteiger partial charge in [0.25, 0.3) is 5.56 Å². The van der Waals surface area contributed by atoms with Crippen molar-refractivity contribution in [3.8, 4) is 0 Å². The summed E-state index contributed by atoms with van der Waals surface area (Å²) in [5.41, 5.74) is -2.25. The average Bonchev–Trinajstić information content (AvgIpc) is 2.54. The smallest absolute Gasteiger partial charge is 0.367 e. The number of alkyl halides is 3. The molecule has 0 aromatic carbocycles. The second-order valence-electron chi connectivity index (χ2n) is 5.07. The van der Waals surface area contributed by atoms with Gasteiger partial charge in [-0.05, 0) is 6.07 Å². The highest BCUT2D eigenvalue weighted by atomic mass is 35.5. The van der Waals surface area contributed by atoms with Gasteiger partial charge in [0.1, 0.15) is 12.4 Å². The Morgan fingerprint density at radius 3 is 2.65 bits per heavy atom. The van der Waals surface area contributed by atoms with Crippen LogP contribution < -0.4 is 21.9 Å². The number of pyridine rings is 1. The molecule has 2 heterocycles. The van der Waals surface area contributed by atoms with Gasteiger partial charge in [-0.15, -0.1) is 0 Å².